The van der Waals surface area contributed by atoms with Crippen LogP contribution in [0.25, 0.3) is 0 Å². The molecule has 0 spiro atoms. The number of allylic oxidation sites excluding steroid dienone is 4. The molecular formula is C33H61O10P. The summed E-state index contributed by atoms with van der Waals surface area (Å²) in [5, 5.41) is 18.2. The number of rotatable bonds is 31. The van der Waals surface area contributed by atoms with Crippen LogP contribution in [0.5, 0.6) is 0 Å². The summed E-state index contributed by atoms with van der Waals surface area (Å²) in [6.07, 6.45) is 24.6. The van der Waals surface area contributed by atoms with Crippen LogP contribution < -0.4 is 0 Å². The molecule has 0 aliphatic rings. The van der Waals surface area contributed by atoms with Crippen LogP contribution in [0.15, 0.2) is 24.3 Å². The van der Waals surface area contributed by atoms with Crippen molar-refractivity contribution in [3.63, 3.8) is 0 Å². The van der Waals surface area contributed by atoms with Crippen LogP contribution in [0.3, 0.4) is 0 Å². The smallest absolute Gasteiger partial charge is 0.462 e. The van der Waals surface area contributed by atoms with Crippen molar-refractivity contribution in [3.05, 3.63) is 24.3 Å². The zero-order valence-corrected chi connectivity index (χ0v) is 28.3. The predicted molar refractivity (Wildman–Crippen MR) is 173 cm³/mol. The van der Waals surface area contributed by atoms with E-state index < -0.39 is 51.8 Å². The second-order valence-corrected chi connectivity index (χ2v) is 12.6. The van der Waals surface area contributed by atoms with Gasteiger partial charge >= 0.3 is 19.8 Å². The van der Waals surface area contributed by atoms with Gasteiger partial charge in [-0.2, -0.15) is 0 Å². The van der Waals surface area contributed by atoms with Gasteiger partial charge in [-0.3, -0.25) is 18.6 Å². The van der Waals surface area contributed by atoms with Gasteiger partial charge in [0.2, 0.25) is 0 Å². The standard InChI is InChI=1S/C33H61O10P/c1-3-5-7-9-11-12-13-14-15-16-17-19-20-22-24-32(36)40-28-31(29-42-44(38,39)41-27-30(35)26-34)43-33(37)25-23-21-18-10-8-6-4-2/h9,11,13-14,30-31,34-35H,3-8,10,12,15-29H2,1-2H3,(H,38,39)/b11-9+,14-13+/t30-,31+/m1/s1. The molecule has 3 atom stereocenters. The molecule has 0 saturated carbocycles. The summed E-state index contributed by atoms with van der Waals surface area (Å²) in [4.78, 5) is 34.5. The third-order valence-corrected chi connectivity index (χ3v) is 7.81. The highest BCUT2D eigenvalue weighted by Crippen LogP contribution is 2.43. The van der Waals surface area contributed by atoms with Gasteiger partial charge in [0.1, 0.15) is 12.7 Å². The molecule has 0 aliphatic heterocycles. The van der Waals surface area contributed by atoms with Crippen molar-refractivity contribution in [2.75, 3.05) is 26.4 Å². The number of carbonyl (C=O) groups excluding carboxylic acids is 2. The summed E-state index contributed by atoms with van der Waals surface area (Å²) in [5.41, 5.74) is 0. The Bertz CT molecular complexity index is 801. The second kappa shape index (κ2) is 30.1. The molecule has 0 amide bonds. The Labute approximate surface area is 266 Å². The molecule has 11 heteroatoms. The SMILES string of the molecule is CCCC/C=C/C/C=C/CCCCCCCC(=O)OC[C@@H](COP(=O)(O)OC[C@H](O)CO)OC(=O)CCCCCCCCC. The van der Waals surface area contributed by atoms with Crippen LogP contribution in [-0.2, 0) is 32.7 Å². The van der Waals surface area contributed by atoms with Crippen LogP contribution in [0.2, 0.25) is 0 Å². The normalized spacial score (nSPS) is 14.6. The van der Waals surface area contributed by atoms with E-state index in [9.17, 15) is 24.2 Å². The lowest BCUT2D eigenvalue weighted by atomic mass is 10.1. The zero-order valence-electron chi connectivity index (χ0n) is 27.4. The molecule has 0 rings (SSSR count). The molecule has 0 aromatic carbocycles. The first kappa shape index (κ1) is 42.5. The van der Waals surface area contributed by atoms with Gasteiger partial charge in [-0.25, -0.2) is 4.57 Å². The van der Waals surface area contributed by atoms with Crippen molar-refractivity contribution in [3.8, 4) is 0 Å². The average molecular weight is 649 g/mol. The van der Waals surface area contributed by atoms with E-state index in [1.807, 2.05) is 0 Å². The van der Waals surface area contributed by atoms with Crippen LogP contribution in [0, 0.1) is 0 Å². The highest BCUT2D eigenvalue weighted by atomic mass is 31.2. The molecule has 10 nitrogen and oxygen atoms in total. The second-order valence-electron chi connectivity index (χ2n) is 11.2. The van der Waals surface area contributed by atoms with Crippen molar-refractivity contribution in [2.24, 2.45) is 0 Å². The Morgan fingerprint density at radius 1 is 0.682 bits per heavy atom. The Balaban J connectivity index is 4.39. The lowest BCUT2D eigenvalue weighted by Crippen LogP contribution is -2.29. The third kappa shape index (κ3) is 29.2. The monoisotopic (exact) mass is 648 g/mol. The Morgan fingerprint density at radius 2 is 1.20 bits per heavy atom. The average Bonchev–Trinajstić information content (AvgIpc) is 3.00. The van der Waals surface area contributed by atoms with E-state index in [2.05, 4.69) is 42.7 Å². The number of esters is 2. The van der Waals surface area contributed by atoms with Crippen molar-refractivity contribution < 1.29 is 47.8 Å². The number of hydrogen-bond donors (Lipinski definition) is 3. The van der Waals surface area contributed by atoms with Gasteiger partial charge in [0, 0.05) is 12.8 Å². The number of phosphoric ester groups is 1. The maximum Gasteiger partial charge on any atom is 0.472 e. The minimum absolute atomic E-state index is 0.181. The molecule has 3 N–H and O–H groups in total. The maximum absolute atomic E-state index is 12.4. The van der Waals surface area contributed by atoms with E-state index in [0.29, 0.717) is 12.8 Å². The quantitative estimate of drug-likeness (QED) is 0.0299. The van der Waals surface area contributed by atoms with Crippen molar-refractivity contribution in [2.45, 2.75) is 148 Å². The lowest BCUT2D eigenvalue weighted by Gasteiger charge is -2.20. The number of carbonyl (C=O) groups is 2. The number of aliphatic hydroxyl groups is 2. The molecule has 0 aromatic rings. The van der Waals surface area contributed by atoms with Crippen LogP contribution >= 0.6 is 7.82 Å². The van der Waals surface area contributed by atoms with Gasteiger partial charge in [0.15, 0.2) is 6.10 Å². The van der Waals surface area contributed by atoms with Crippen LogP contribution in [0.1, 0.15) is 136 Å². The molecule has 0 bridgehead atoms. The summed E-state index contributed by atoms with van der Waals surface area (Å²) in [7, 11) is -4.60. The maximum atomic E-state index is 12.4. The third-order valence-electron chi connectivity index (χ3n) is 6.86. The van der Waals surface area contributed by atoms with Crippen molar-refractivity contribution in [1.29, 1.82) is 0 Å². The molecule has 0 heterocycles. The number of unbranched alkanes of at least 4 members (excludes halogenated alkanes) is 13. The minimum atomic E-state index is -4.60. The molecule has 1 unspecified atom stereocenters. The van der Waals surface area contributed by atoms with Crippen molar-refractivity contribution >= 4 is 19.8 Å². The minimum Gasteiger partial charge on any atom is -0.462 e. The molecule has 0 fully saturated rings. The van der Waals surface area contributed by atoms with Gasteiger partial charge in [-0.05, 0) is 38.5 Å². The summed E-state index contributed by atoms with van der Waals surface area (Å²) in [6.45, 7) is 2.23. The highest BCUT2D eigenvalue weighted by molar-refractivity contribution is 7.47. The van der Waals surface area contributed by atoms with Gasteiger partial charge in [-0.1, -0.05) is 109 Å². The Hall–Kier alpha value is -1.55. The number of hydrogen-bond acceptors (Lipinski definition) is 9. The highest BCUT2D eigenvalue weighted by Gasteiger charge is 2.27. The first-order valence-corrected chi connectivity index (χ1v) is 18.3. The summed E-state index contributed by atoms with van der Waals surface area (Å²) in [5.74, 6) is -0.951. The topological polar surface area (TPSA) is 149 Å². The zero-order chi connectivity index (χ0) is 32.7. The largest absolute Gasteiger partial charge is 0.472 e. The summed E-state index contributed by atoms with van der Waals surface area (Å²) < 4.78 is 32.3. The molecule has 0 radical (unpaired) electrons. The molecule has 0 saturated heterocycles. The summed E-state index contributed by atoms with van der Waals surface area (Å²) >= 11 is 0. The Morgan fingerprint density at radius 3 is 1.82 bits per heavy atom. The molecular weight excluding hydrogens is 587 g/mol. The fourth-order valence-corrected chi connectivity index (χ4v) is 4.97. The van der Waals surface area contributed by atoms with E-state index in [1.165, 1.54) is 32.1 Å². The van der Waals surface area contributed by atoms with Crippen LogP contribution in [-0.4, -0.2) is 65.7 Å². The first-order chi connectivity index (χ1) is 21.2. The van der Waals surface area contributed by atoms with Crippen molar-refractivity contribution in [1.82, 2.24) is 0 Å². The van der Waals surface area contributed by atoms with E-state index in [1.54, 1.807) is 0 Å². The molecule has 0 aliphatic carbocycles. The Kier molecular flexibility index (Phi) is 29.1. The summed E-state index contributed by atoms with van der Waals surface area (Å²) in [6, 6.07) is 0. The van der Waals surface area contributed by atoms with E-state index >= 15 is 0 Å². The number of phosphoric acid groups is 1. The van der Waals surface area contributed by atoms with Gasteiger partial charge in [-0.15, -0.1) is 0 Å². The van der Waals surface area contributed by atoms with E-state index in [4.69, 9.17) is 19.1 Å². The first-order valence-electron chi connectivity index (χ1n) is 16.8. The molecule has 44 heavy (non-hydrogen) atoms. The van der Waals surface area contributed by atoms with Gasteiger partial charge in [0.05, 0.1) is 19.8 Å². The molecule has 258 valence electrons. The molecule has 0 aromatic heterocycles. The van der Waals surface area contributed by atoms with Gasteiger partial charge < -0.3 is 24.6 Å². The number of ether oxygens (including phenoxy) is 2. The fraction of sp³-hybridized carbons (Fsp3) is 0.818. The lowest BCUT2D eigenvalue weighted by molar-refractivity contribution is -0.161. The van der Waals surface area contributed by atoms with E-state index in [0.717, 1.165) is 64.2 Å². The fourth-order valence-electron chi connectivity index (χ4n) is 4.18. The van der Waals surface area contributed by atoms with Crippen LogP contribution in [0.4, 0.5) is 0 Å². The van der Waals surface area contributed by atoms with Gasteiger partial charge in [0.25, 0.3) is 0 Å². The predicted octanol–water partition coefficient (Wildman–Crippen LogP) is 7.49. The van der Waals surface area contributed by atoms with E-state index in [-0.39, 0.29) is 19.4 Å². The number of aliphatic hydroxyl groups excluding tert-OH is 2.